The van der Waals surface area contributed by atoms with E-state index in [0.717, 1.165) is 32.5 Å². The molecule has 170 valence electrons. The highest BCUT2D eigenvalue weighted by Gasteiger charge is 2.28. The van der Waals surface area contributed by atoms with E-state index in [2.05, 4.69) is 47.6 Å². The number of amides is 1. The topological polar surface area (TPSA) is 60.2 Å². The van der Waals surface area contributed by atoms with Gasteiger partial charge in [-0.2, -0.15) is 5.10 Å². The van der Waals surface area contributed by atoms with Crippen molar-refractivity contribution in [3.8, 4) is 11.1 Å². The number of aromatic nitrogens is 3. The zero-order chi connectivity index (χ0) is 23.3. The zero-order valence-corrected chi connectivity index (χ0v) is 20.4. The maximum absolute atomic E-state index is 12.5. The highest BCUT2D eigenvalue weighted by molar-refractivity contribution is 7.19. The number of hydrogen-bond acceptors (Lipinski definition) is 5. The smallest absolute Gasteiger partial charge is 0.410 e. The summed E-state index contributed by atoms with van der Waals surface area (Å²) in [6, 6.07) is 12.8. The van der Waals surface area contributed by atoms with Gasteiger partial charge in [-0.05, 0) is 75.1 Å². The fourth-order valence-corrected chi connectivity index (χ4v) is 5.29. The van der Waals surface area contributed by atoms with Gasteiger partial charge in [-0.1, -0.05) is 18.2 Å². The molecule has 0 bridgehead atoms. The first-order chi connectivity index (χ1) is 15.7. The Balaban J connectivity index is 1.40. The normalized spacial score (nSPS) is 16.9. The molecule has 0 spiro atoms. The van der Waals surface area contributed by atoms with Gasteiger partial charge in [0.25, 0.3) is 0 Å². The highest BCUT2D eigenvalue weighted by Crippen LogP contribution is 2.35. The van der Waals surface area contributed by atoms with Gasteiger partial charge in [-0.15, -0.1) is 11.3 Å². The van der Waals surface area contributed by atoms with Crippen molar-refractivity contribution >= 4 is 44.1 Å². The number of carbonyl (C=O) groups excluding carboxylic acids is 1. The van der Waals surface area contributed by atoms with Gasteiger partial charge in [0.2, 0.25) is 0 Å². The van der Waals surface area contributed by atoms with Crippen LogP contribution < -0.4 is 0 Å². The summed E-state index contributed by atoms with van der Waals surface area (Å²) >= 11 is 1.71. The summed E-state index contributed by atoms with van der Waals surface area (Å²) < 4.78 is 8.57. The minimum Gasteiger partial charge on any atom is -0.444 e. The summed E-state index contributed by atoms with van der Waals surface area (Å²) in [6.45, 7) is 8.35. The molecule has 0 fully saturated rings. The molecule has 0 N–H and O–H groups in total. The third-order valence-electron chi connectivity index (χ3n) is 5.80. The van der Waals surface area contributed by atoms with E-state index < -0.39 is 5.60 Å². The number of benzene rings is 2. The molecule has 1 unspecified atom stereocenters. The summed E-state index contributed by atoms with van der Waals surface area (Å²) in [7, 11) is 1.94. The van der Waals surface area contributed by atoms with Crippen molar-refractivity contribution in [2.75, 3.05) is 6.54 Å². The Morgan fingerprint density at radius 1 is 1.12 bits per heavy atom. The number of aryl methyl sites for hydroxylation is 1. The van der Waals surface area contributed by atoms with Gasteiger partial charge in [0, 0.05) is 25.2 Å². The van der Waals surface area contributed by atoms with E-state index in [1.54, 1.807) is 16.2 Å². The predicted octanol–water partition coefficient (Wildman–Crippen LogP) is 6.26. The molecule has 0 saturated carbocycles. The largest absolute Gasteiger partial charge is 0.444 e. The second-order valence-corrected chi connectivity index (χ2v) is 10.7. The molecule has 0 radical (unpaired) electrons. The number of ether oxygens (including phenoxy) is 1. The van der Waals surface area contributed by atoms with Gasteiger partial charge in [0.05, 0.1) is 21.8 Å². The van der Waals surface area contributed by atoms with Gasteiger partial charge in [0.1, 0.15) is 10.6 Å². The highest BCUT2D eigenvalue weighted by atomic mass is 32.1. The minimum absolute atomic E-state index is 0.0302. The molecule has 0 aliphatic carbocycles. The zero-order valence-electron chi connectivity index (χ0n) is 19.6. The summed E-state index contributed by atoms with van der Waals surface area (Å²) in [5.74, 6) is 0. The summed E-state index contributed by atoms with van der Waals surface area (Å²) in [5.41, 5.74) is 5.05. The van der Waals surface area contributed by atoms with E-state index in [1.165, 1.54) is 16.7 Å². The third-order valence-corrected chi connectivity index (χ3v) is 6.89. The van der Waals surface area contributed by atoms with Crippen molar-refractivity contribution in [1.29, 1.82) is 0 Å². The van der Waals surface area contributed by atoms with Crippen molar-refractivity contribution < 1.29 is 9.53 Å². The number of carbonyl (C=O) groups is 1. The SMILES string of the molecule is CC1C=C(c2nc3ccc(-c4ccc5nn(C)cc5c4)cc3s2)CCN1C(=O)OC(C)(C)C. The maximum atomic E-state index is 12.5. The number of fused-ring (bicyclic) bond motifs is 2. The molecule has 1 aliphatic rings. The first-order valence-electron chi connectivity index (χ1n) is 11.2. The lowest BCUT2D eigenvalue weighted by Gasteiger charge is -2.33. The van der Waals surface area contributed by atoms with Crippen LogP contribution in [0.1, 0.15) is 39.1 Å². The predicted molar refractivity (Wildman–Crippen MR) is 134 cm³/mol. The molecule has 4 aromatic rings. The van der Waals surface area contributed by atoms with Crippen LogP contribution in [0, 0.1) is 0 Å². The molecule has 3 heterocycles. The van der Waals surface area contributed by atoms with Crippen molar-refractivity contribution in [2.24, 2.45) is 7.05 Å². The number of thiazole rings is 1. The second kappa shape index (κ2) is 7.99. The molecule has 2 aromatic heterocycles. The molecule has 33 heavy (non-hydrogen) atoms. The molecule has 1 amide bonds. The molecular formula is C26H28N4O2S. The average molecular weight is 461 g/mol. The average Bonchev–Trinajstić information content (AvgIpc) is 3.33. The van der Waals surface area contributed by atoms with E-state index in [4.69, 9.17) is 9.72 Å². The molecule has 1 atom stereocenters. The van der Waals surface area contributed by atoms with E-state index in [0.29, 0.717) is 6.54 Å². The Morgan fingerprint density at radius 3 is 2.58 bits per heavy atom. The fourth-order valence-electron chi connectivity index (χ4n) is 4.24. The number of rotatable bonds is 2. The monoisotopic (exact) mass is 460 g/mol. The van der Waals surface area contributed by atoms with Gasteiger partial charge in [-0.3, -0.25) is 4.68 Å². The quantitative estimate of drug-likeness (QED) is 0.354. The van der Waals surface area contributed by atoms with Gasteiger partial charge >= 0.3 is 6.09 Å². The van der Waals surface area contributed by atoms with Gasteiger partial charge in [-0.25, -0.2) is 9.78 Å². The molecule has 7 heteroatoms. The Bertz CT molecular complexity index is 1390. The Labute approximate surface area is 197 Å². The maximum Gasteiger partial charge on any atom is 0.410 e. The van der Waals surface area contributed by atoms with Crippen LogP contribution in [-0.4, -0.2) is 43.9 Å². The Hall–Kier alpha value is -3.19. The molecular weight excluding hydrogens is 432 g/mol. The van der Waals surface area contributed by atoms with Crippen molar-refractivity contribution in [3.63, 3.8) is 0 Å². The Morgan fingerprint density at radius 2 is 1.85 bits per heavy atom. The van der Waals surface area contributed by atoms with E-state index in [9.17, 15) is 4.79 Å². The lowest BCUT2D eigenvalue weighted by molar-refractivity contribution is 0.0209. The van der Waals surface area contributed by atoms with Crippen LogP contribution in [0.15, 0.2) is 48.7 Å². The van der Waals surface area contributed by atoms with Crippen LogP contribution in [0.4, 0.5) is 4.79 Å². The van der Waals surface area contributed by atoms with E-state index >= 15 is 0 Å². The van der Waals surface area contributed by atoms with Crippen molar-refractivity contribution in [2.45, 2.75) is 45.8 Å². The first-order valence-corrected chi connectivity index (χ1v) is 12.0. The molecule has 5 rings (SSSR count). The summed E-state index contributed by atoms with van der Waals surface area (Å²) in [6.07, 6.45) is 4.69. The second-order valence-electron chi connectivity index (χ2n) is 9.63. The lowest BCUT2D eigenvalue weighted by Crippen LogP contribution is -2.43. The molecule has 2 aromatic carbocycles. The summed E-state index contributed by atoms with van der Waals surface area (Å²) in [5, 5.41) is 6.63. The van der Waals surface area contributed by atoms with Crippen LogP contribution in [0.2, 0.25) is 0 Å². The van der Waals surface area contributed by atoms with Crippen LogP contribution in [-0.2, 0) is 11.8 Å². The van der Waals surface area contributed by atoms with Crippen LogP contribution in [0.3, 0.4) is 0 Å². The van der Waals surface area contributed by atoms with E-state index in [1.807, 2.05) is 45.6 Å². The minimum atomic E-state index is -0.493. The number of nitrogens with zero attached hydrogens (tertiary/aromatic N) is 4. The first kappa shape index (κ1) is 21.6. The van der Waals surface area contributed by atoms with Crippen LogP contribution in [0.5, 0.6) is 0 Å². The van der Waals surface area contributed by atoms with Gasteiger partial charge < -0.3 is 9.64 Å². The Kier molecular flexibility index (Phi) is 5.24. The molecule has 0 saturated heterocycles. The van der Waals surface area contributed by atoms with Crippen LogP contribution >= 0.6 is 11.3 Å². The fraction of sp³-hybridized carbons (Fsp3) is 0.346. The van der Waals surface area contributed by atoms with Crippen molar-refractivity contribution in [3.05, 3.63) is 53.7 Å². The molecule has 1 aliphatic heterocycles. The molecule has 6 nitrogen and oxygen atoms in total. The number of hydrogen-bond donors (Lipinski definition) is 0. The summed E-state index contributed by atoms with van der Waals surface area (Å²) in [4.78, 5) is 19.2. The standard InChI is InChI=1S/C26H28N4O2S/c1-16-12-19(10-11-30(16)25(31)32-26(2,3)4)24-27-22-9-7-18(14-23(22)33-24)17-6-8-21-20(13-17)15-29(5)28-21/h6-9,12-16H,10-11H2,1-5H3. The van der Waals surface area contributed by atoms with Crippen molar-refractivity contribution in [1.82, 2.24) is 19.7 Å². The van der Waals surface area contributed by atoms with Gasteiger partial charge in [0.15, 0.2) is 0 Å². The third kappa shape index (κ3) is 4.37. The van der Waals surface area contributed by atoms with Crippen LogP contribution in [0.25, 0.3) is 37.8 Å². The van der Waals surface area contributed by atoms with E-state index in [-0.39, 0.29) is 12.1 Å². The lowest BCUT2D eigenvalue weighted by atomic mass is 10.0.